The van der Waals surface area contributed by atoms with Crippen LogP contribution in [-0.2, 0) is 0 Å². The summed E-state index contributed by atoms with van der Waals surface area (Å²) in [5.41, 5.74) is 1.04. The number of carbonyl (C=O) groups is 1. The van der Waals surface area contributed by atoms with E-state index in [1.807, 2.05) is 42.1 Å². The van der Waals surface area contributed by atoms with Crippen LogP contribution in [0.2, 0.25) is 0 Å². The zero-order chi connectivity index (χ0) is 17.1. The number of anilines is 2. The Morgan fingerprint density at radius 1 is 1.04 bits per heavy atom. The summed E-state index contributed by atoms with van der Waals surface area (Å²) >= 11 is 0. The van der Waals surface area contributed by atoms with Crippen LogP contribution in [0.1, 0.15) is 10.5 Å². The van der Waals surface area contributed by atoms with E-state index in [4.69, 9.17) is 0 Å². The van der Waals surface area contributed by atoms with E-state index in [1.165, 1.54) is 6.07 Å². The molecule has 5 nitrogen and oxygen atoms in total. The summed E-state index contributed by atoms with van der Waals surface area (Å²) < 4.78 is 13.9. The molecule has 6 heteroatoms. The third-order valence-corrected chi connectivity index (χ3v) is 4.17. The zero-order valence-corrected chi connectivity index (χ0v) is 13.9. The summed E-state index contributed by atoms with van der Waals surface area (Å²) in [6.07, 6.45) is 0. The van der Waals surface area contributed by atoms with E-state index in [-0.39, 0.29) is 11.7 Å². The van der Waals surface area contributed by atoms with E-state index < -0.39 is 0 Å². The number of nitrogens with zero attached hydrogens (tertiary/aromatic N) is 4. The molecule has 0 spiro atoms. The summed E-state index contributed by atoms with van der Waals surface area (Å²) in [7, 11) is 3.79. The minimum Gasteiger partial charge on any atom is -0.366 e. The van der Waals surface area contributed by atoms with E-state index in [0.717, 1.165) is 5.82 Å². The summed E-state index contributed by atoms with van der Waals surface area (Å²) in [4.78, 5) is 22.7. The van der Waals surface area contributed by atoms with Gasteiger partial charge in [0.1, 0.15) is 17.3 Å². The van der Waals surface area contributed by atoms with Gasteiger partial charge in [0.25, 0.3) is 5.91 Å². The van der Waals surface area contributed by atoms with Crippen LogP contribution in [0.15, 0.2) is 42.5 Å². The second-order valence-corrected chi connectivity index (χ2v) is 6.01. The lowest BCUT2D eigenvalue weighted by Crippen LogP contribution is -2.49. The Morgan fingerprint density at radius 2 is 1.75 bits per heavy atom. The third kappa shape index (κ3) is 3.32. The van der Waals surface area contributed by atoms with Gasteiger partial charge in [-0.05, 0) is 24.3 Å². The van der Waals surface area contributed by atoms with Crippen LogP contribution in [0.4, 0.5) is 15.9 Å². The Labute approximate surface area is 141 Å². The second kappa shape index (κ2) is 6.86. The number of carbonyl (C=O) groups excluding carboxylic acids is 1. The summed E-state index contributed by atoms with van der Waals surface area (Å²) in [6.45, 7) is 2.34. The SMILES string of the molecule is CN(C)c1cccc(C(=O)N2CCN(c3ccccc3F)CC2)n1. The van der Waals surface area contributed by atoms with Crippen molar-refractivity contribution in [2.24, 2.45) is 0 Å². The molecule has 0 unspecified atom stereocenters. The first-order valence-corrected chi connectivity index (χ1v) is 7.99. The number of para-hydroxylation sites is 1. The van der Waals surface area contributed by atoms with Crippen LogP contribution in [0.25, 0.3) is 0 Å². The molecule has 0 atom stereocenters. The van der Waals surface area contributed by atoms with Gasteiger partial charge in [-0.15, -0.1) is 0 Å². The minimum atomic E-state index is -0.224. The predicted octanol–water partition coefficient (Wildman–Crippen LogP) is 2.25. The van der Waals surface area contributed by atoms with Crippen LogP contribution in [0.5, 0.6) is 0 Å². The number of pyridine rings is 1. The molecule has 1 aliphatic heterocycles. The molecule has 0 saturated carbocycles. The maximum absolute atomic E-state index is 13.9. The molecule has 0 radical (unpaired) electrons. The molecular formula is C18H21FN4O. The molecular weight excluding hydrogens is 307 g/mol. The molecule has 126 valence electrons. The number of aromatic nitrogens is 1. The number of hydrogen-bond acceptors (Lipinski definition) is 4. The van der Waals surface area contributed by atoms with Crippen LogP contribution >= 0.6 is 0 Å². The van der Waals surface area contributed by atoms with Gasteiger partial charge >= 0.3 is 0 Å². The van der Waals surface area contributed by atoms with Crippen molar-refractivity contribution >= 4 is 17.4 Å². The molecule has 1 aromatic carbocycles. The fraction of sp³-hybridized carbons (Fsp3) is 0.333. The summed E-state index contributed by atoms with van der Waals surface area (Å²) in [6, 6.07) is 12.2. The molecule has 1 saturated heterocycles. The Balaban J connectivity index is 1.67. The monoisotopic (exact) mass is 328 g/mol. The van der Waals surface area contributed by atoms with E-state index in [0.29, 0.717) is 37.6 Å². The Bertz CT molecular complexity index is 726. The third-order valence-electron chi connectivity index (χ3n) is 4.17. The Hall–Kier alpha value is -2.63. The van der Waals surface area contributed by atoms with Crippen LogP contribution in [-0.4, -0.2) is 56.1 Å². The van der Waals surface area contributed by atoms with Crippen molar-refractivity contribution in [3.63, 3.8) is 0 Å². The standard InChI is InChI=1S/C18H21FN4O/c1-21(2)17-9-5-7-15(20-17)18(24)23-12-10-22(11-13-23)16-8-4-3-6-14(16)19/h3-9H,10-13H2,1-2H3. The smallest absolute Gasteiger partial charge is 0.272 e. The average Bonchev–Trinajstić information content (AvgIpc) is 2.62. The van der Waals surface area contributed by atoms with Crippen molar-refractivity contribution in [1.29, 1.82) is 0 Å². The fourth-order valence-electron chi connectivity index (χ4n) is 2.81. The molecule has 0 aliphatic carbocycles. The molecule has 3 rings (SSSR count). The molecule has 1 aromatic heterocycles. The van der Waals surface area contributed by atoms with Crippen molar-refractivity contribution in [3.8, 4) is 0 Å². The van der Waals surface area contributed by atoms with Gasteiger partial charge in [0.05, 0.1) is 5.69 Å². The average molecular weight is 328 g/mol. The molecule has 0 N–H and O–H groups in total. The second-order valence-electron chi connectivity index (χ2n) is 6.01. The summed E-state index contributed by atoms with van der Waals surface area (Å²) in [5.74, 6) is 0.454. The number of hydrogen-bond donors (Lipinski definition) is 0. The van der Waals surface area contributed by atoms with Crippen molar-refractivity contribution < 1.29 is 9.18 Å². The Kier molecular flexibility index (Phi) is 4.64. The van der Waals surface area contributed by atoms with Crippen LogP contribution < -0.4 is 9.80 Å². The van der Waals surface area contributed by atoms with Crippen LogP contribution in [0.3, 0.4) is 0 Å². The molecule has 1 aliphatic rings. The lowest BCUT2D eigenvalue weighted by molar-refractivity contribution is 0.0741. The highest BCUT2D eigenvalue weighted by Crippen LogP contribution is 2.20. The lowest BCUT2D eigenvalue weighted by atomic mass is 10.2. The summed E-state index contributed by atoms with van der Waals surface area (Å²) in [5, 5.41) is 0. The molecule has 2 aromatic rings. The van der Waals surface area contributed by atoms with Gasteiger partial charge < -0.3 is 14.7 Å². The van der Waals surface area contributed by atoms with Crippen molar-refractivity contribution in [1.82, 2.24) is 9.88 Å². The first kappa shape index (κ1) is 16.2. The van der Waals surface area contributed by atoms with Gasteiger partial charge in [0, 0.05) is 40.3 Å². The minimum absolute atomic E-state index is 0.0770. The highest BCUT2D eigenvalue weighted by molar-refractivity contribution is 5.92. The van der Waals surface area contributed by atoms with Gasteiger partial charge in [0.15, 0.2) is 0 Å². The van der Waals surface area contributed by atoms with E-state index in [1.54, 1.807) is 23.1 Å². The zero-order valence-electron chi connectivity index (χ0n) is 13.9. The van der Waals surface area contributed by atoms with Crippen LogP contribution in [0, 0.1) is 5.82 Å². The Morgan fingerprint density at radius 3 is 2.42 bits per heavy atom. The quantitative estimate of drug-likeness (QED) is 0.866. The van der Waals surface area contributed by atoms with Gasteiger partial charge in [-0.3, -0.25) is 4.79 Å². The predicted molar refractivity (Wildman–Crippen MR) is 93.1 cm³/mol. The number of piperazine rings is 1. The highest BCUT2D eigenvalue weighted by Gasteiger charge is 2.24. The normalized spacial score (nSPS) is 14.6. The first-order valence-electron chi connectivity index (χ1n) is 7.99. The first-order chi connectivity index (χ1) is 11.6. The van der Waals surface area contributed by atoms with Crippen molar-refractivity contribution in [2.45, 2.75) is 0 Å². The van der Waals surface area contributed by atoms with E-state index in [9.17, 15) is 9.18 Å². The van der Waals surface area contributed by atoms with Crippen molar-refractivity contribution in [2.75, 3.05) is 50.1 Å². The van der Waals surface area contributed by atoms with E-state index in [2.05, 4.69) is 4.98 Å². The maximum Gasteiger partial charge on any atom is 0.272 e. The van der Waals surface area contributed by atoms with Gasteiger partial charge in [-0.25, -0.2) is 9.37 Å². The lowest BCUT2D eigenvalue weighted by Gasteiger charge is -2.36. The van der Waals surface area contributed by atoms with Gasteiger partial charge in [-0.1, -0.05) is 18.2 Å². The van der Waals surface area contributed by atoms with E-state index >= 15 is 0 Å². The molecule has 1 fully saturated rings. The highest BCUT2D eigenvalue weighted by atomic mass is 19.1. The molecule has 0 bridgehead atoms. The van der Waals surface area contributed by atoms with Crippen molar-refractivity contribution in [3.05, 3.63) is 54.0 Å². The molecule has 24 heavy (non-hydrogen) atoms. The largest absolute Gasteiger partial charge is 0.366 e. The van der Waals surface area contributed by atoms with Gasteiger partial charge in [0.2, 0.25) is 0 Å². The topological polar surface area (TPSA) is 39.7 Å². The van der Waals surface area contributed by atoms with Gasteiger partial charge in [-0.2, -0.15) is 0 Å². The number of benzene rings is 1. The number of rotatable bonds is 3. The maximum atomic E-state index is 13.9. The fourth-order valence-corrected chi connectivity index (χ4v) is 2.81. The number of halogens is 1. The number of amides is 1. The molecule has 2 heterocycles. The molecule has 1 amide bonds.